The van der Waals surface area contributed by atoms with E-state index in [0.29, 0.717) is 19.0 Å². The Morgan fingerprint density at radius 3 is 2.61 bits per heavy atom. The maximum atomic E-state index is 11.0. The standard InChI is InChI=1S/C24H27N3O4/c1-3-6-22(19-9-11-21(12-10-19)27-14-5-13-25-27)26-31-16-15-30-23-8-4-7-20(18(23)2)17-24(28)29/h4-5,7-14H,3,6,15-17H2,1-2H3,(H,28,29)/b26-22+. The molecule has 0 aliphatic heterocycles. The number of carboxylic acids is 1. The summed E-state index contributed by atoms with van der Waals surface area (Å²) in [5.74, 6) is -0.201. The third-order valence-electron chi connectivity index (χ3n) is 4.80. The summed E-state index contributed by atoms with van der Waals surface area (Å²) in [7, 11) is 0. The van der Waals surface area contributed by atoms with E-state index in [0.717, 1.165) is 40.9 Å². The highest BCUT2D eigenvalue weighted by atomic mass is 16.6. The highest BCUT2D eigenvalue weighted by Gasteiger charge is 2.09. The van der Waals surface area contributed by atoms with E-state index in [1.165, 1.54) is 0 Å². The number of nitrogens with zero attached hydrogens (tertiary/aromatic N) is 3. The van der Waals surface area contributed by atoms with Crippen molar-refractivity contribution in [3.63, 3.8) is 0 Å². The van der Waals surface area contributed by atoms with Crippen LogP contribution in [0.25, 0.3) is 5.69 Å². The summed E-state index contributed by atoms with van der Waals surface area (Å²) in [6.07, 6.45) is 5.38. The van der Waals surface area contributed by atoms with E-state index < -0.39 is 5.97 Å². The van der Waals surface area contributed by atoms with E-state index in [1.807, 2.05) is 54.2 Å². The Kier molecular flexibility index (Phi) is 7.81. The van der Waals surface area contributed by atoms with Gasteiger partial charge in [0.15, 0.2) is 6.61 Å². The van der Waals surface area contributed by atoms with Crippen molar-refractivity contribution in [1.82, 2.24) is 9.78 Å². The molecule has 3 aromatic rings. The first-order chi connectivity index (χ1) is 15.1. The molecule has 1 N–H and O–H groups in total. The lowest BCUT2D eigenvalue weighted by Gasteiger charge is -2.12. The Balaban J connectivity index is 1.56. The van der Waals surface area contributed by atoms with Gasteiger partial charge in [0.1, 0.15) is 12.4 Å². The Hall–Kier alpha value is -3.61. The number of oxime groups is 1. The van der Waals surface area contributed by atoms with Gasteiger partial charge in [-0.05, 0) is 54.3 Å². The minimum absolute atomic E-state index is 0.0244. The molecule has 3 rings (SSSR count). The van der Waals surface area contributed by atoms with Crippen LogP contribution in [0.2, 0.25) is 0 Å². The first kappa shape index (κ1) is 22.1. The van der Waals surface area contributed by atoms with Crippen molar-refractivity contribution >= 4 is 11.7 Å². The molecule has 31 heavy (non-hydrogen) atoms. The SMILES string of the molecule is CCC/C(=N\OCCOc1cccc(CC(=O)O)c1C)c1ccc(-n2cccn2)cc1. The first-order valence-electron chi connectivity index (χ1n) is 10.3. The zero-order valence-electron chi connectivity index (χ0n) is 17.8. The average Bonchev–Trinajstić information content (AvgIpc) is 3.30. The lowest BCUT2D eigenvalue weighted by Crippen LogP contribution is -2.09. The molecule has 0 unspecified atom stereocenters. The summed E-state index contributed by atoms with van der Waals surface area (Å²) in [6.45, 7) is 4.57. The molecule has 0 fully saturated rings. The molecular weight excluding hydrogens is 394 g/mol. The molecule has 7 nitrogen and oxygen atoms in total. The van der Waals surface area contributed by atoms with E-state index in [9.17, 15) is 4.79 Å². The number of aliphatic carboxylic acids is 1. The van der Waals surface area contributed by atoms with Crippen molar-refractivity contribution < 1.29 is 19.5 Å². The summed E-state index contributed by atoms with van der Waals surface area (Å²) >= 11 is 0. The summed E-state index contributed by atoms with van der Waals surface area (Å²) in [4.78, 5) is 16.5. The van der Waals surface area contributed by atoms with Crippen LogP contribution in [0.1, 0.15) is 36.5 Å². The van der Waals surface area contributed by atoms with E-state index in [2.05, 4.69) is 17.2 Å². The predicted octanol–water partition coefficient (Wildman–Crippen LogP) is 4.41. The number of aromatic nitrogens is 2. The molecule has 0 saturated heterocycles. The Bertz CT molecular complexity index is 1010. The van der Waals surface area contributed by atoms with Crippen molar-refractivity contribution in [3.8, 4) is 11.4 Å². The van der Waals surface area contributed by atoms with Crippen molar-refractivity contribution in [1.29, 1.82) is 0 Å². The predicted molar refractivity (Wildman–Crippen MR) is 119 cm³/mol. The summed E-state index contributed by atoms with van der Waals surface area (Å²) in [6, 6.07) is 15.3. The van der Waals surface area contributed by atoms with Gasteiger partial charge in [-0.1, -0.05) is 42.8 Å². The molecule has 162 valence electrons. The lowest BCUT2D eigenvalue weighted by atomic mass is 10.1. The molecule has 0 spiro atoms. The van der Waals surface area contributed by atoms with Crippen LogP contribution in [0.4, 0.5) is 0 Å². The van der Waals surface area contributed by atoms with Gasteiger partial charge < -0.3 is 14.7 Å². The zero-order chi connectivity index (χ0) is 22.1. The van der Waals surface area contributed by atoms with Gasteiger partial charge in [0.25, 0.3) is 0 Å². The van der Waals surface area contributed by atoms with Gasteiger partial charge in [-0.25, -0.2) is 4.68 Å². The highest BCUT2D eigenvalue weighted by Crippen LogP contribution is 2.22. The normalized spacial score (nSPS) is 11.4. The quantitative estimate of drug-likeness (QED) is 0.282. The maximum Gasteiger partial charge on any atom is 0.307 e. The topological polar surface area (TPSA) is 85.9 Å². The molecule has 1 heterocycles. The van der Waals surface area contributed by atoms with Gasteiger partial charge in [-0.3, -0.25) is 4.79 Å². The van der Waals surface area contributed by atoms with Gasteiger partial charge in [0.2, 0.25) is 0 Å². The number of hydrogen-bond acceptors (Lipinski definition) is 5. The van der Waals surface area contributed by atoms with Crippen LogP contribution >= 0.6 is 0 Å². The van der Waals surface area contributed by atoms with Gasteiger partial charge >= 0.3 is 5.97 Å². The number of carboxylic acid groups (broad SMARTS) is 1. The number of carbonyl (C=O) groups is 1. The fourth-order valence-corrected chi connectivity index (χ4v) is 3.19. The van der Waals surface area contributed by atoms with Crippen LogP contribution in [0, 0.1) is 6.92 Å². The molecule has 0 amide bonds. The number of rotatable bonds is 11. The lowest BCUT2D eigenvalue weighted by molar-refractivity contribution is -0.136. The molecule has 2 aromatic carbocycles. The number of benzene rings is 2. The van der Waals surface area contributed by atoms with Crippen molar-refractivity contribution in [2.24, 2.45) is 5.16 Å². The molecule has 1 aromatic heterocycles. The second-order valence-electron chi connectivity index (χ2n) is 7.08. The Morgan fingerprint density at radius 1 is 1.13 bits per heavy atom. The Morgan fingerprint density at radius 2 is 1.94 bits per heavy atom. The van der Waals surface area contributed by atoms with Crippen LogP contribution in [0.5, 0.6) is 5.75 Å². The summed E-state index contributed by atoms with van der Waals surface area (Å²) < 4.78 is 7.57. The largest absolute Gasteiger partial charge is 0.490 e. The van der Waals surface area contributed by atoms with E-state index in [4.69, 9.17) is 14.7 Å². The number of hydrogen-bond donors (Lipinski definition) is 1. The Labute approximate surface area is 181 Å². The molecule has 0 bridgehead atoms. The van der Waals surface area contributed by atoms with Gasteiger partial charge in [0.05, 0.1) is 17.8 Å². The van der Waals surface area contributed by atoms with E-state index in [-0.39, 0.29) is 6.42 Å². The second-order valence-corrected chi connectivity index (χ2v) is 7.08. The molecule has 0 saturated carbocycles. The van der Waals surface area contributed by atoms with Crippen LogP contribution in [-0.2, 0) is 16.1 Å². The minimum Gasteiger partial charge on any atom is -0.490 e. The van der Waals surface area contributed by atoms with Crippen LogP contribution in [0.15, 0.2) is 66.1 Å². The molecule has 0 aliphatic carbocycles. The smallest absolute Gasteiger partial charge is 0.307 e. The summed E-state index contributed by atoms with van der Waals surface area (Å²) in [5.41, 5.74) is 4.45. The maximum absolute atomic E-state index is 11.0. The molecular formula is C24H27N3O4. The fraction of sp³-hybridized carbons (Fsp3) is 0.292. The van der Waals surface area contributed by atoms with E-state index >= 15 is 0 Å². The van der Waals surface area contributed by atoms with Crippen molar-refractivity contribution in [3.05, 3.63) is 77.6 Å². The van der Waals surface area contributed by atoms with Gasteiger partial charge in [-0.2, -0.15) is 5.10 Å². The van der Waals surface area contributed by atoms with Gasteiger partial charge in [0, 0.05) is 12.4 Å². The average molecular weight is 421 g/mol. The first-order valence-corrected chi connectivity index (χ1v) is 10.3. The fourth-order valence-electron chi connectivity index (χ4n) is 3.19. The third kappa shape index (κ3) is 6.18. The van der Waals surface area contributed by atoms with Crippen molar-refractivity contribution in [2.75, 3.05) is 13.2 Å². The molecule has 0 atom stereocenters. The zero-order valence-corrected chi connectivity index (χ0v) is 17.8. The van der Waals surface area contributed by atoms with Crippen LogP contribution in [0.3, 0.4) is 0 Å². The monoisotopic (exact) mass is 421 g/mol. The second kappa shape index (κ2) is 11.0. The highest BCUT2D eigenvalue weighted by molar-refractivity contribution is 6.00. The molecule has 7 heteroatoms. The van der Waals surface area contributed by atoms with Gasteiger partial charge in [-0.15, -0.1) is 0 Å². The van der Waals surface area contributed by atoms with Crippen LogP contribution in [-0.4, -0.2) is 39.8 Å². The summed E-state index contributed by atoms with van der Waals surface area (Å²) in [5, 5.41) is 17.6. The van der Waals surface area contributed by atoms with Crippen molar-refractivity contribution in [2.45, 2.75) is 33.1 Å². The van der Waals surface area contributed by atoms with Crippen LogP contribution < -0.4 is 4.74 Å². The molecule has 0 radical (unpaired) electrons. The molecule has 0 aliphatic rings. The van der Waals surface area contributed by atoms with E-state index in [1.54, 1.807) is 18.3 Å². The third-order valence-corrected chi connectivity index (χ3v) is 4.80. The number of ether oxygens (including phenoxy) is 1. The minimum atomic E-state index is -0.862.